The van der Waals surface area contributed by atoms with Crippen molar-refractivity contribution in [1.29, 1.82) is 5.26 Å². The number of benzene rings is 1. The van der Waals surface area contributed by atoms with Gasteiger partial charge in [-0.1, -0.05) is 13.0 Å². The van der Waals surface area contributed by atoms with E-state index in [1.807, 2.05) is 18.2 Å². The number of nitriles is 1. The maximum atomic E-state index is 9.29. The van der Waals surface area contributed by atoms with Crippen LogP contribution in [0.5, 0.6) is 0 Å². The van der Waals surface area contributed by atoms with Crippen LogP contribution in [0.2, 0.25) is 0 Å². The molecular weight excluding hydrogens is 244 g/mol. The Morgan fingerprint density at radius 1 is 1.50 bits per heavy atom. The number of nitrogens with one attached hydrogen (secondary N) is 1. The number of anilines is 1. The Kier molecular flexibility index (Phi) is 6.63. The normalized spacial score (nSPS) is 11.9. The van der Waals surface area contributed by atoms with Gasteiger partial charge in [0.1, 0.15) is 6.07 Å². The van der Waals surface area contributed by atoms with Crippen LogP contribution in [0.25, 0.3) is 0 Å². The topological polar surface area (TPSA) is 45.0 Å². The number of thioether (sulfide) groups is 1. The summed E-state index contributed by atoms with van der Waals surface area (Å²) in [5, 5.41) is 12.7. The molecule has 0 aliphatic rings. The largest absolute Gasteiger partial charge is 0.385 e. The van der Waals surface area contributed by atoms with Crippen molar-refractivity contribution in [2.24, 2.45) is 0 Å². The molecule has 0 amide bonds. The molecule has 4 heteroatoms. The number of hydrogen-bond donors (Lipinski definition) is 1. The molecule has 1 aromatic carbocycles. The maximum absolute atomic E-state index is 9.29. The molecule has 1 unspecified atom stereocenters. The van der Waals surface area contributed by atoms with Gasteiger partial charge in [0.15, 0.2) is 0 Å². The van der Waals surface area contributed by atoms with Crippen LogP contribution in [0.3, 0.4) is 0 Å². The standard InChI is InChI=1S/C14H20N2OS/c1-4-18-14-7-5-6-13(12(14)10-15)16-11(2)8-9-17-3/h5-7,11,16H,4,8-9H2,1-3H3. The van der Waals surface area contributed by atoms with Crippen LogP contribution < -0.4 is 5.32 Å². The van der Waals surface area contributed by atoms with Gasteiger partial charge >= 0.3 is 0 Å². The average Bonchev–Trinajstić information content (AvgIpc) is 2.37. The minimum Gasteiger partial charge on any atom is -0.385 e. The summed E-state index contributed by atoms with van der Waals surface area (Å²) in [5.74, 6) is 0.970. The van der Waals surface area contributed by atoms with E-state index in [0.717, 1.165) is 34.9 Å². The minimum absolute atomic E-state index is 0.291. The Labute approximate surface area is 114 Å². The first-order valence-electron chi connectivity index (χ1n) is 6.14. The lowest BCUT2D eigenvalue weighted by Gasteiger charge is -2.17. The molecule has 0 heterocycles. The quantitative estimate of drug-likeness (QED) is 0.765. The van der Waals surface area contributed by atoms with Gasteiger partial charge in [-0.2, -0.15) is 5.26 Å². The molecule has 0 fully saturated rings. The van der Waals surface area contributed by atoms with Crippen LogP contribution in [0.15, 0.2) is 23.1 Å². The molecule has 1 atom stereocenters. The molecule has 1 rings (SSSR count). The molecule has 0 saturated heterocycles. The van der Waals surface area contributed by atoms with E-state index in [1.165, 1.54) is 0 Å². The highest BCUT2D eigenvalue weighted by Crippen LogP contribution is 2.28. The summed E-state index contributed by atoms with van der Waals surface area (Å²) in [5.41, 5.74) is 1.66. The molecule has 1 aromatic rings. The predicted octanol–water partition coefficient (Wildman–Crippen LogP) is 3.51. The molecule has 0 aliphatic carbocycles. The van der Waals surface area contributed by atoms with Gasteiger partial charge in [0, 0.05) is 24.7 Å². The van der Waals surface area contributed by atoms with Gasteiger partial charge in [-0.25, -0.2) is 0 Å². The summed E-state index contributed by atoms with van der Waals surface area (Å²) < 4.78 is 5.06. The molecule has 18 heavy (non-hydrogen) atoms. The van der Waals surface area contributed by atoms with Crippen molar-refractivity contribution in [1.82, 2.24) is 0 Å². The first kappa shape index (κ1) is 14.9. The highest BCUT2D eigenvalue weighted by Gasteiger charge is 2.10. The summed E-state index contributed by atoms with van der Waals surface area (Å²) in [6.07, 6.45) is 0.923. The van der Waals surface area contributed by atoms with Gasteiger partial charge in [-0.05, 0) is 31.2 Å². The molecule has 0 aliphatic heterocycles. The Hall–Kier alpha value is -1.18. The molecule has 0 aromatic heterocycles. The zero-order valence-corrected chi connectivity index (χ0v) is 12.0. The van der Waals surface area contributed by atoms with E-state index in [9.17, 15) is 5.26 Å². The average molecular weight is 264 g/mol. The predicted molar refractivity (Wildman–Crippen MR) is 77.1 cm³/mol. The number of hydrogen-bond acceptors (Lipinski definition) is 4. The highest BCUT2D eigenvalue weighted by atomic mass is 32.2. The molecule has 98 valence electrons. The highest BCUT2D eigenvalue weighted by molar-refractivity contribution is 7.99. The Bertz CT molecular complexity index is 415. The van der Waals surface area contributed by atoms with Crippen molar-refractivity contribution >= 4 is 17.4 Å². The summed E-state index contributed by atoms with van der Waals surface area (Å²) in [6.45, 7) is 4.91. The third kappa shape index (κ3) is 4.25. The van der Waals surface area contributed by atoms with Crippen molar-refractivity contribution in [3.63, 3.8) is 0 Å². The Morgan fingerprint density at radius 2 is 2.28 bits per heavy atom. The van der Waals surface area contributed by atoms with E-state index in [1.54, 1.807) is 18.9 Å². The fourth-order valence-electron chi connectivity index (χ4n) is 1.67. The van der Waals surface area contributed by atoms with E-state index in [-0.39, 0.29) is 0 Å². The lowest BCUT2D eigenvalue weighted by atomic mass is 10.1. The van der Waals surface area contributed by atoms with Crippen LogP contribution in [-0.2, 0) is 4.74 Å². The summed E-state index contributed by atoms with van der Waals surface area (Å²) in [6, 6.07) is 8.53. The van der Waals surface area contributed by atoms with Crippen molar-refractivity contribution in [3.05, 3.63) is 23.8 Å². The summed E-state index contributed by atoms with van der Waals surface area (Å²) >= 11 is 1.70. The summed E-state index contributed by atoms with van der Waals surface area (Å²) in [7, 11) is 1.70. The van der Waals surface area contributed by atoms with Gasteiger partial charge in [0.25, 0.3) is 0 Å². The van der Waals surface area contributed by atoms with E-state index >= 15 is 0 Å². The SMILES string of the molecule is CCSc1cccc(NC(C)CCOC)c1C#N. The van der Waals surface area contributed by atoms with Crippen molar-refractivity contribution < 1.29 is 4.74 Å². The van der Waals surface area contributed by atoms with Crippen molar-refractivity contribution in [3.8, 4) is 6.07 Å². The van der Waals surface area contributed by atoms with E-state index in [4.69, 9.17) is 4.74 Å². The van der Waals surface area contributed by atoms with Gasteiger partial charge < -0.3 is 10.1 Å². The third-order valence-electron chi connectivity index (χ3n) is 2.59. The zero-order chi connectivity index (χ0) is 13.4. The Balaban J connectivity index is 2.82. The molecule has 0 radical (unpaired) electrons. The van der Waals surface area contributed by atoms with E-state index < -0.39 is 0 Å². The van der Waals surface area contributed by atoms with E-state index in [0.29, 0.717) is 6.04 Å². The molecular formula is C14H20N2OS. The van der Waals surface area contributed by atoms with Crippen molar-refractivity contribution in [2.45, 2.75) is 31.2 Å². The second-order valence-corrected chi connectivity index (χ2v) is 5.36. The molecule has 0 saturated carbocycles. The van der Waals surface area contributed by atoms with Gasteiger partial charge in [-0.15, -0.1) is 11.8 Å². The number of methoxy groups -OCH3 is 1. The number of nitrogens with zero attached hydrogens (tertiary/aromatic N) is 1. The first-order chi connectivity index (χ1) is 8.72. The Morgan fingerprint density at radius 3 is 2.89 bits per heavy atom. The lowest BCUT2D eigenvalue weighted by molar-refractivity contribution is 0.191. The summed E-state index contributed by atoms with van der Waals surface area (Å²) in [4.78, 5) is 1.05. The third-order valence-corrected chi connectivity index (χ3v) is 3.53. The van der Waals surface area contributed by atoms with Gasteiger partial charge in [-0.3, -0.25) is 0 Å². The smallest absolute Gasteiger partial charge is 0.102 e. The van der Waals surface area contributed by atoms with E-state index in [2.05, 4.69) is 25.2 Å². The maximum Gasteiger partial charge on any atom is 0.102 e. The monoisotopic (exact) mass is 264 g/mol. The van der Waals surface area contributed by atoms with Crippen LogP contribution >= 0.6 is 11.8 Å². The fourth-order valence-corrected chi connectivity index (χ4v) is 2.46. The number of ether oxygens (including phenoxy) is 1. The molecule has 0 spiro atoms. The first-order valence-corrected chi connectivity index (χ1v) is 7.12. The van der Waals surface area contributed by atoms with Crippen LogP contribution in [0.1, 0.15) is 25.8 Å². The minimum atomic E-state index is 0.291. The molecule has 0 bridgehead atoms. The fraction of sp³-hybridized carbons (Fsp3) is 0.500. The van der Waals surface area contributed by atoms with Crippen molar-refractivity contribution in [2.75, 3.05) is 24.8 Å². The zero-order valence-electron chi connectivity index (χ0n) is 11.2. The molecule has 3 nitrogen and oxygen atoms in total. The van der Waals surface area contributed by atoms with Gasteiger partial charge in [0.2, 0.25) is 0 Å². The van der Waals surface area contributed by atoms with Gasteiger partial charge in [0.05, 0.1) is 11.3 Å². The number of rotatable bonds is 7. The second-order valence-electron chi connectivity index (χ2n) is 4.05. The van der Waals surface area contributed by atoms with Crippen LogP contribution in [0.4, 0.5) is 5.69 Å². The lowest BCUT2D eigenvalue weighted by Crippen LogP contribution is -2.18. The molecule has 1 N–H and O–H groups in total. The van der Waals surface area contributed by atoms with Crippen LogP contribution in [-0.4, -0.2) is 25.5 Å². The van der Waals surface area contributed by atoms with Crippen LogP contribution in [0, 0.1) is 11.3 Å². The second kappa shape index (κ2) is 8.02.